The van der Waals surface area contributed by atoms with Gasteiger partial charge in [-0.05, 0) is 31.2 Å². The third kappa shape index (κ3) is 2.81. The summed E-state index contributed by atoms with van der Waals surface area (Å²) < 4.78 is 0. The van der Waals surface area contributed by atoms with Crippen LogP contribution in [-0.4, -0.2) is 16.1 Å². The Balaban J connectivity index is 2.30. The van der Waals surface area contributed by atoms with Crippen molar-refractivity contribution in [3.63, 3.8) is 0 Å². The summed E-state index contributed by atoms with van der Waals surface area (Å²) in [7, 11) is 0. The van der Waals surface area contributed by atoms with E-state index in [0.29, 0.717) is 16.8 Å². The number of carbonyl (C=O) groups is 1. The molecular weight excluding hydrogens is 301 g/mol. The first-order valence-electron chi connectivity index (χ1n) is 5.68. The van der Waals surface area contributed by atoms with Crippen LogP contribution in [-0.2, 0) is 0 Å². The van der Waals surface area contributed by atoms with Gasteiger partial charge >= 0.3 is 0 Å². The molecule has 0 radical (unpaired) electrons. The molecule has 0 fully saturated rings. The minimum atomic E-state index is -0.406. The largest absolute Gasteiger partial charge is 0.508 e. The normalized spacial score (nSPS) is 10.3. The molecule has 0 bridgehead atoms. The Morgan fingerprint density at radius 1 is 1.15 bits per heavy atom. The van der Waals surface area contributed by atoms with E-state index in [1.807, 2.05) is 0 Å². The van der Waals surface area contributed by atoms with Crippen molar-refractivity contribution in [2.75, 3.05) is 5.32 Å². The molecule has 3 N–H and O–H groups in total. The van der Waals surface area contributed by atoms with E-state index in [1.165, 1.54) is 18.2 Å². The van der Waals surface area contributed by atoms with Crippen molar-refractivity contribution in [3.8, 4) is 11.5 Å². The highest BCUT2D eigenvalue weighted by molar-refractivity contribution is 6.37. The molecule has 4 nitrogen and oxygen atoms in total. The molecule has 0 atom stereocenters. The zero-order valence-corrected chi connectivity index (χ0v) is 12.0. The van der Waals surface area contributed by atoms with Crippen molar-refractivity contribution >= 4 is 34.8 Å². The van der Waals surface area contributed by atoms with Crippen LogP contribution >= 0.6 is 23.2 Å². The molecule has 0 saturated heterocycles. The Morgan fingerprint density at radius 3 is 2.35 bits per heavy atom. The van der Waals surface area contributed by atoms with Crippen LogP contribution in [0.5, 0.6) is 11.5 Å². The first kappa shape index (κ1) is 14.5. The van der Waals surface area contributed by atoms with Crippen molar-refractivity contribution < 1.29 is 15.0 Å². The van der Waals surface area contributed by atoms with Crippen molar-refractivity contribution in [3.05, 3.63) is 51.5 Å². The van der Waals surface area contributed by atoms with E-state index in [-0.39, 0.29) is 21.5 Å². The van der Waals surface area contributed by atoms with E-state index in [2.05, 4.69) is 5.32 Å². The maximum Gasteiger partial charge on any atom is 0.256 e. The van der Waals surface area contributed by atoms with Crippen LogP contribution in [0, 0.1) is 6.92 Å². The first-order valence-corrected chi connectivity index (χ1v) is 6.43. The number of phenolic OH excluding ortho intramolecular Hbond substituents is 2. The van der Waals surface area contributed by atoms with E-state index in [1.54, 1.807) is 19.1 Å². The average molecular weight is 312 g/mol. The first-order chi connectivity index (χ1) is 9.40. The highest BCUT2D eigenvalue weighted by Crippen LogP contribution is 2.34. The van der Waals surface area contributed by atoms with Gasteiger partial charge in [-0.1, -0.05) is 29.3 Å². The molecule has 0 aliphatic rings. The van der Waals surface area contributed by atoms with Crippen LogP contribution in [0.4, 0.5) is 5.69 Å². The van der Waals surface area contributed by atoms with Crippen LogP contribution in [0.1, 0.15) is 15.9 Å². The van der Waals surface area contributed by atoms with Gasteiger partial charge in [-0.15, -0.1) is 0 Å². The number of rotatable bonds is 2. The molecule has 0 aromatic heterocycles. The molecule has 0 heterocycles. The molecule has 104 valence electrons. The lowest BCUT2D eigenvalue weighted by Gasteiger charge is -2.10. The summed E-state index contributed by atoms with van der Waals surface area (Å²) in [6.45, 7) is 1.64. The van der Waals surface area contributed by atoms with Crippen molar-refractivity contribution in [1.82, 2.24) is 0 Å². The fourth-order valence-electron chi connectivity index (χ4n) is 1.71. The van der Waals surface area contributed by atoms with E-state index in [4.69, 9.17) is 23.2 Å². The Hall–Kier alpha value is -1.91. The standard InChI is InChI=1S/C14H11Cl2NO3/c1-7-9(3-2-4-12(7)18)14(20)17-8-5-10(15)13(19)11(16)6-8/h2-6,18-19H,1H3,(H,17,20). The monoisotopic (exact) mass is 311 g/mol. The number of benzene rings is 2. The fourth-order valence-corrected chi connectivity index (χ4v) is 2.19. The molecule has 0 saturated carbocycles. The minimum absolute atomic E-state index is 0.0411. The molecular formula is C14H11Cl2NO3. The molecule has 2 rings (SSSR count). The zero-order chi connectivity index (χ0) is 14.9. The highest BCUT2D eigenvalue weighted by atomic mass is 35.5. The Bertz CT molecular complexity index is 663. The van der Waals surface area contributed by atoms with E-state index in [0.717, 1.165) is 0 Å². The number of carbonyl (C=O) groups excluding carboxylic acids is 1. The number of hydrogen-bond acceptors (Lipinski definition) is 3. The average Bonchev–Trinajstić information content (AvgIpc) is 2.39. The van der Waals surface area contributed by atoms with Crippen molar-refractivity contribution in [1.29, 1.82) is 0 Å². The second-order valence-corrected chi connectivity index (χ2v) is 5.01. The van der Waals surface area contributed by atoms with Crippen LogP contribution < -0.4 is 5.32 Å². The molecule has 1 amide bonds. The Morgan fingerprint density at radius 2 is 1.75 bits per heavy atom. The summed E-state index contributed by atoms with van der Waals surface area (Å²) in [5.74, 6) is -0.601. The van der Waals surface area contributed by atoms with Gasteiger partial charge in [-0.2, -0.15) is 0 Å². The molecule has 0 unspecified atom stereocenters. The van der Waals surface area contributed by atoms with Gasteiger partial charge in [0.25, 0.3) is 5.91 Å². The van der Waals surface area contributed by atoms with Gasteiger partial charge in [0.2, 0.25) is 0 Å². The number of nitrogens with one attached hydrogen (secondary N) is 1. The third-order valence-electron chi connectivity index (χ3n) is 2.82. The number of aromatic hydroxyl groups is 2. The fraction of sp³-hybridized carbons (Fsp3) is 0.0714. The van der Waals surface area contributed by atoms with E-state index in [9.17, 15) is 15.0 Å². The SMILES string of the molecule is Cc1c(O)cccc1C(=O)Nc1cc(Cl)c(O)c(Cl)c1. The number of amides is 1. The molecule has 0 aliphatic carbocycles. The van der Waals surface area contributed by atoms with Gasteiger partial charge in [0, 0.05) is 16.8 Å². The molecule has 2 aromatic carbocycles. The number of phenols is 2. The topological polar surface area (TPSA) is 69.6 Å². The van der Waals surface area contributed by atoms with Crippen molar-refractivity contribution in [2.45, 2.75) is 6.92 Å². The number of anilines is 1. The summed E-state index contributed by atoms with van der Waals surface area (Å²) >= 11 is 11.6. The van der Waals surface area contributed by atoms with Gasteiger partial charge in [0.15, 0.2) is 5.75 Å². The number of hydrogen-bond donors (Lipinski definition) is 3. The van der Waals surface area contributed by atoms with Gasteiger partial charge in [0.05, 0.1) is 10.0 Å². The lowest BCUT2D eigenvalue weighted by molar-refractivity contribution is 0.102. The van der Waals surface area contributed by atoms with Gasteiger partial charge in [0.1, 0.15) is 5.75 Å². The lowest BCUT2D eigenvalue weighted by atomic mass is 10.1. The second-order valence-electron chi connectivity index (χ2n) is 4.19. The summed E-state index contributed by atoms with van der Waals surface area (Å²) in [5.41, 5.74) is 1.16. The van der Waals surface area contributed by atoms with Crippen LogP contribution in [0.15, 0.2) is 30.3 Å². The van der Waals surface area contributed by atoms with Crippen LogP contribution in [0.25, 0.3) is 0 Å². The van der Waals surface area contributed by atoms with Crippen molar-refractivity contribution in [2.24, 2.45) is 0 Å². The lowest BCUT2D eigenvalue weighted by Crippen LogP contribution is -2.13. The van der Waals surface area contributed by atoms with E-state index < -0.39 is 5.91 Å². The smallest absolute Gasteiger partial charge is 0.256 e. The quantitative estimate of drug-likeness (QED) is 0.735. The van der Waals surface area contributed by atoms with Crippen LogP contribution in [0.3, 0.4) is 0 Å². The predicted octanol–water partition coefficient (Wildman–Crippen LogP) is 3.97. The third-order valence-corrected chi connectivity index (χ3v) is 3.40. The predicted molar refractivity (Wildman–Crippen MR) is 78.9 cm³/mol. The van der Waals surface area contributed by atoms with Gasteiger partial charge in [-0.3, -0.25) is 4.79 Å². The minimum Gasteiger partial charge on any atom is -0.508 e. The molecule has 0 aliphatic heterocycles. The number of halogens is 2. The second kappa shape index (κ2) is 5.61. The van der Waals surface area contributed by atoms with E-state index >= 15 is 0 Å². The van der Waals surface area contributed by atoms with Crippen LogP contribution in [0.2, 0.25) is 10.0 Å². The molecule has 20 heavy (non-hydrogen) atoms. The molecule has 2 aromatic rings. The maximum absolute atomic E-state index is 12.1. The maximum atomic E-state index is 12.1. The zero-order valence-electron chi connectivity index (χ0n) is 10.4. The van der Waals surface area contributed by atoms with Gasteiger partial charge in [-0.25, -0.2) is 0 Å². The summed E-state index contributed by atoms with van der Waals surface area (Å²) in [6.07, 6.45) is 0. The molecule has 6 heteroatoms. The molecule has 0 spiro atoms. The summed E-state index contributed by atoms with van der Waals surface area (Å²) in [6, 6.07) is 7.44. The Kier molecular flexibility index (Phi) is 4.06. The summed E-state index contributed by atoms with van der Waals surface area (Å²) in [5, 5.41) is 21.7. The van der Waals surface area contributed by atoms with Gasteiger partial charge < -0.3 is 15.5 Å². The Labute approximate surface area is 125 Å². The summed E-state index contributed by atoms with van der Waals surface area (Å²) in [4.78, 5) is 12.1. The highest BCUT2D eigenvalue weighted by Gasteiger charge is 2.13.